The molecule has 4 rings (SSSR count). The Morgan fingerprint density at radius 2 is 1.81 bits per heavy atom. The normalized spacial score (nSPS) is 11.7. The number of halogens is 3. The Labute approximate surface area is 243 Å². The van der Waals surface area contributed by atoms with E-state index in [4.69, 9.17) is 9.15 Å². The van der Waals surface area contributed by atoms with E-state index in [0.717, 1.165) is 18.5 Å². The number of anilines is 2. The Kier molecular flexibility index (Phi) is 8.66. The van der Waals surface area contributed by atoms with Crippen LogP contribution in [0.2, 0.25) is 0 Å². The number of hydrogen-bond donors (Lipinski definition) is 2. The third kappa shape index (κ3) is 7.82. The summed E-state index contributed by atoms with van der Waals surface area (Å²) in [7, 11) is 0. The molecule has 0 radical (unpaired) electrons. The Balaban J connectivity index is 1.57. The molecule has 15 heteroatoms. The predicted octanol–water partition coefficient (Wildman–Crippen LogP) is 5.17. The molecule has 43 heavy (non-hydrogen) atoms. The number of carbonyl (C=O) groups is 3. The second-order valence-corrected chi connectivity index (χ2v) is 10.3. The molecule has 0 saturated carbocycles. The number of carbonyl (C=O) groups excluding carboxylic acids is 3. The molecule has 1 aromatic carbocycles. The number of oxazole rings is 1. The minimum Gasteiger partial charge on any atom is -0.444 e. The smallest absolute Gasteiger partial charge is 0.416 e. The van der Waals surface area contributed by atoms with Gasteiger partial charge in [0.1, 0.15) is 24.2 Å². The minimum absolute atomic E-state index is 0.0195. The largest absolute Gasteiger partial charge is 0.444 e. The van der Waals surface area contributed by atoms with Crippen LogP contribution in [0, 0.1) is 0 Å². The molecular weight excluding hydrogens is 573 g/mol. The lowest BCUT2D eigenvalue weighted by molar-refractivity contribution is -0.119. The third-order valence-electron chi connectivity index (χ3n) is 5.64. The highest BCUT2D eigenvalue weighted by Crippen LogP contribution is 2.27. The standard InChI is InChI=1S/C28H27F3N6O6/c1-16(39)23-20(12-37(35-23)19-7-5-17(13-38)6-8-19)33-24(40)21-14-42-25(34-21)18-9-10-32-22(11-18)36(15-28(29,30)31)26(41)43-27(2,3)4/h5-12,14,38H,13,15H2,1-4H3,(H,33,40). The molecule has 0 aliphatic carbocycles. The van der Waals surface area contributed by atoms with Gasteiger partial charge in [-0.15, -0.1) is 0 Å². The van der Waals surface area contributed by atoms with E-state index in [1.165, 1.54) is 44.6 Å². The highest BCUT2D eigenvalue weighted by Gasteiger charge is 2.36. The summed E-state index contributed by atoms with van der Waals surface area (Å²) in [4.78, 5) is 46.1. The Hall–Kier alpha value is -5.05. The molecule has 226 valence electrons. The Morgan fingerprint density at radius 1 is 1.12 bits per heavy atom. The monoisotopic (exact) mass is 600 g/mol. The molecule has 0 saturated heterocycles. The highest BCUT2D eigenvalue weighted by molar-refractivity contribution is 6.07. The number of ketones is 1. The highest BCUT2D eigenvalue weighted by atomic mass is 19.4. The van der Waals surface area contributed by atoms with E-state index in [2.05, 4.69) is 20.4 Å². The van der Waals surface area contributed by atoms with Gasteiger partial charge in [0, 0.05) is 18.7 Å². The van der Waals surface area contributed by atoms with Crippen LogP contribution in [-0.4, -0.2) is 61.0 Å². The number of alkyl halides is 3. The average molecular weight is 601 g/mol. The number of nitrogens with zero attached hydrogens (tertiary/aromatic N) is 5. The zero-order chi connectivity index (χ0) is 31.5. The summed E-state index contributed by atoms with van der Waals surface area (Å²) in [6.07, 6.45) is -2.39. The number of pyridine rings is 1. The van der Waals surface area contributed by atoms with E-state index in [1.54, 1.807) is 24.3 Å². The summed E-state index contributed by atoms with van der Waals surface area (Å²) in [6.45, 7) is 4.02. The lowest BCUT2D eigenvalue weighted by atomic mass is 10.2. The van der Waals surface area contributed by atoms with Crippen molar-refractivity contribution in [3.63, 3.8) is 0 Å². The van der Waals surface area contributed by atoms with Gasteiger partial charge in [-0.05, 0) is 50.6 Å². The second-order valence-electron chi connectivity index (χ2n) is 10.3. The van der Waals surface area contributed by atoms with Crippen molar-refractivity contribution in [2.45, 2.75) is 46.1 Å². The molecule has 2 amide bonds. The first-order chi connectivity index (χ1) is 20.1. The van der Waals surface area contributed by atoms with Crippen molar-refractivity contribution in [1.82, 2.24) is 19.7 Å². The number of benzene rings is 1. The summed E-state index contributed by atoms with van der Waals surface area (Å²) in [5.74, 6) is -1.69. The van der Waals surface area contributed by atoms with Crippen LogP contribution in [0.1, 0.15) is 54.2 Å². The van der Waals surface area contributed by atoms with Crippen LogP contribution in [0.25, 0.3) is 17.1 Å². The van der Waals surface area contributed by atoms with Gasteiger partial charge in [-0.25, -0.2) is 19.4 Å². The molecule has 3 heterocycles. The van der Waals surface area contributed by atoms with Gasteiger partial charge in [0.05, 0.1) is 24.2 Å². The van der Waals surface area contributed by atoms with Gasteiger partial charge in [0.25, 0.3) is 5.91 Å². The number of aliphatic hydroxyl groups is 1. The van der Waals surface area contributed by atoms with Crippen LogP contribution in [0.3, 0.4) is 0 Å². The van der Waals surface area contributed by atoms with Crippen LogP contribution < -0.4 is 10.2 Å². The van der Waals surface area contributed by atoms with Crippen LogP contribution in [0.4, 0.5) is 29.5 Å². The van der Waals surface area contributed by atoms with Gasteiger partial charge >= 0.3 is 12.3 Å². The van der Waals surface area contributed by atoms with E-state index >= 15 is 0 Å². The van der Waals surface area contributed by atoms with Gasteiger partial charge in [-0.2, -0.15) is 18.3 Å². The zero-order valence-electron chi connectivity index (χ0n) is 23.5. The maximum absolute atomic E-state index is 13.3. The Bertz CT molecular complexity index is 1640. The topological polar surface area (TPSA) is 153 Å². The van der Waals surface area contributed by atoms with Crippen molar-refractivity contribution < 1.29 is 41.8 Å². The SMILES string of the molecule is CC(=O)c1nn(-c2ccc(CO)cc2)cc1NC(=O)c1coc(-c2ccnc(N(CC(F)(F)F)C(=O)OC(C)(C)C)c2)n1. The number of aromatic nitrogens is 4. The van der Waals surface area contributed by atoms with Gasteiger partial charge in [-0.3, -0.25) is 14.5 Å². The lowest BCUT2D eigenvalue weighted by Gasteiger charge is -2.27. The minimum atomic E-state index is -4.75. The van der Waals surface area contributed by atoms with Gasteiger partial charge in [-0.1, -0.05) is 12.1 Å². The van der Waals surface area contributed by atoms with Gasteiger partial charge in [0.15, 0.2) is 17.2 Å². The fourth-order valence-corrected chi connectivity index (χ4v) is 3.74. The van der Waals surface area contributed by atoms with Crippen molar-refractivity contribution in [1.29, 1.82) is 0 Å². The lowest BCUT2D eigenvalue weighted by Crippen LogP contribution is -2.42. The summed E-state index contributed by atoms with van der Waals surface area (Å²) < 4.78 is 51.8. The maximum Gasteiger partial charge on any atom is 0.416 e. The number of aliphatic hydroxyl groups excluding tert-OH is 1. The summed E-state index contributed by atoms with van der Waals surface area (Å²) in [5.41, 5.74) is 0.187. The summed E-state index contributed by atoms with van der Waals surface area (Å²) >= 11 is 0. The third-order valence-corrected chi connectivity index (χ3v) is 5.64. The van der Waals surface area contributed by atoms with Crippen molar-refractivity contribution in [2.75, 3.05) is 16.8 Å². The first-order valence-corrected chi connectivity index (χ1v) is 12.7. The number of Topliss-reactive ketones (excluding diaryl/α,β-unsaturated/α-hetero) is 1. The molecule has 0 atom stereocenters. The number of hydrogen-bond acceptors (Lipinski definition) is 9. The number of rotatable bonds is 8. The van der Waals surface area contributed by atoms with Crippen LogP contribution in [0.15, 0.2) is 59.5 Å². The van der Waals surface area contributed by atoms with E-state index < -0.39 is 36.1 Å². The Morgan fingerprint density at radius 3 is 2.42 bits per heavy atom. The molecule has 0 bridgehead atoms. The van der Waals surface area contributed by atoms with E-state index in [9.17, 15) is 32.7 Å². The molecule has 2 N–H and O–H groups in total. The fraction of sp³-hybridized carbons (Fsp3) is 0.286. The van der Waals surface area contributed by atoms with Gasteiger partial charge in [0.2, 0.25) is 5.89 Å². The van der Waals surface area contributed by atoms with Crippen LogP contribution in [0.5, 0.6) is 0 Å². The number of nitrogens with one attached hydrogen (secondary N) is 1. The molecule has 0 fully saturated rings. The predicted molar refractivity (Wildman–Crippen MR) is 147 cm³/mol. The van der Waals surface area contributed by atoms with Crippen LogP contribution >= 0.6 is 0 Å². The average Bonchev–Trinajstić information content (AvgIpc) is 3.59. The first kappa shape index (κ1) is 30.9. The molecule has 3 aromatic heterocycles. The quantitative estimate of drug-likeness (QED) is 0.261. The van der Waals surface area contributed by atoms with Crippen LogP contribution in [-0.2, 0) is 11.3 Å². The van der Waals surface area contributed by atoms with Crippen molar-refractivity contribution >= 4 is 29.3 Å². The molecular formula is C28H27F3N6O6. The fourth-order valence-electron chi connectivity index (χ4n) is 3.74. The molecule has 0 aliphatic rings. The molecule has 0 spiro atoms. The maximum atomic E-state index is 13.3. The first-order valence-electron chi connectivity index (χ1n) is 12.7. The van der Waals surface area contributed by atoms with E-state index in [0.29, 0.717) is 16.2 Å². The number of amides is 2. The van der Waals surface area contributed by atoms with Crippen molar-refractivity contribution in [2.24, 2.45) is 0 Å². The van der Waals surface area contributed by atoms with E-state index in [-0.39, 0.29) is 41.0 Å². The van der Waals surface area contributed by atoms with E-state index in [1.807, 2.05) is 0 Å². The molecule has 4 aromatic rings. The second kappa shape index (κ2) is 12.1. The number of ether oxygens (including phenoxy) is 1. The van der Waals surface area contributed by atoms with Gasteiger partial charge < -0.3 is 19.6 Å². The summed E-state index contributed by atoms with van der Waals surface area (Å²) in [5, 5.41) is 16.1. The summed E-state index contributed by atoms with van der Waals surface area (Å²) in [6, 6.07) is 9.24. The molecule has 0 unspecified atom stereocenters. The van der Waals surface area contributed by atoms with Crippen molar-refractivity contribution in [3.8, 4) is 17.1 Å². The molecule has 12 nitrogen and oxygen atoms in total. The zero-order valence-corrected chi connectivity index (χ0v) is 23.5. The molecule has 0 aliphatic heterocycles. The van der Waals surface area contributed by atoms with Crippen molar-refractivity contribution in [3.05, 3.63) is 72.0 Å².